The number of halogens is 1. The molecule has 0 radical (unpaired) electrons. The molecule has 3 N–H and O–H groups in total. The summed E-state index contributed by atoms with van der Waals surface area (Å²) in [6, 6.07) is 14.1. The van der Waals surface area contributed by atoms with Crippen LogP contribution in [0.1, 0.15) is 24.0 Å². The predicted octanol–water partition coefficient (Wildman–Crippen LogP) is 3.84. The SMILES string of the molecule is Cc1ccc2[nH]c(-c3ccc(Br)cc3)c(CCC(=O)N[C@H]3CCNC3=O)c2c1. The van der Waals surface area contributed by atoms with Crippen LogP contribution in [0.15, 0.2) is 46.9 Å². The quantitative estimate of drug-likeness (QED) is 0.564. The van der Waals surface area contributed by atoms with E-state index in [4.69, 9.17) is 0 Å². The number of aryl methyl sites for hydroxylation is 2. The standard InChI is InChI=1S/C22H22BrN3O2/c1-13-2-8-18-17(12-13)16(21(26-18)14-3-5-15(23)6-4-14)7-9-20(27)25-19-10-11-24-22(19)28/h2-6,8,12,19,26H,7,9-11H2,1H3,(H,24,28)(H,25,27)/t19-/m0/s1. The minimum Gasteiger partial charge on any atom is -0.354 e. The highest BCUT2D eigenvalue weighted by molar-refractivity contribution is 9.10. The number of nitrogens with one attached hydrogen (secondary N) is 3. The Labute approximate surface area is 172 Å². The van der Waals surface area contributed by atoms with E-state index in [1.807, 2.05) is 12.1 Å². The third-order valence-electron chi connectivity index (χ3n) is 5.18. The van der Waals surface area contributed by atoms with Crippen LogP contribution in [0.2, 0.25) is 0 Å². The molecule has 1 saturated heterocycles. The van der Waals surface area contributed by atoms with Gasteiger partial charge in [-0.25, -0.2) is 0 Å². The van der Waals surface area contributed by atoms with Crippen LogP contribution in [0, 0.1) is 6.92 Å². The van der Waals surface area contributed by atoms with Gasteiger partial charge in [0, 0.05) is 34.0 Å². The number of fused-ring (bicyclic) bond motifs is 1. The molecule has 144 valence electrons. The van der Waals surface area contributed by atoms with Gasteiger partial charge < -0.3 is 15.6 Å². The highest BCUT2D eigenvalue weighted by Gasteiger charge is 2.25. The predicted molar refractivity (Wildman–Crippen MR) is 114 cm³/mol. The van der Waals surface area contributed by atoms with Gasteiger partial charge in [0.05, 0.1) is 0 Å². The monoisotopic (exact) mass is 439 g/mol. The van der Waals surface area contributed by atoms with Gasteiger partial charge in [0.15, 0.2) is 0 Å². The summed E-state index contributed by atoms with van der Waals surface area (Å²) in [6.45, 7) is 2.69. The van der Waals surface area contributed by atoms with E-state index in [1.54, 1.807) is 0 Å². The summed E-state index contributed by atoms with van der Waals surface area (Å²) >= 11 is 3.48. The number of aromatic amines is 1. The first kappa shape index (κ1) is 18.7. The van der Waals surface area contributed by atoms with Crippen LogP contribution in [0.3, 0.4) is 0 Å². The average molecular weight is 440 g/mol. The number of hydrogen-bond donors (Lipinski definition) is 3. The van der Waals surface area contributed by atoms with E-state index >= 15 is 0 Å². The Morgan fingerprint density at radius 1 is 1.21 bits per heavy atom. The van der Waals surface area contributed by atoms with Gasteiger partial charge >= 0.3 is 0 Å². The molecule has 1 fully saturated rings. The molecule has 1 aromatic heterocycles. The largest absolute Gasteiger partial charge is 0.354 e. The third-order valence-corrected chi connectivity index (χ3v) is 5.71. The lowest BCUT2D eigenvalue weighted by Gasteiger charge is -2.10. The van der Waals surface area contributed by atoms with E-state index in [2.05, 4.69) is 68.8 Å². The summed E-state index contributed by atoms with van der Waals surface area (Å²) in [4.78, 5) is 27.6. The fraction of sp³-hybridized carbons (Fsp3) is 0.273. The van der Waals surface area contributed by atoms with Gasteiger partial charge in [-0.3, -0.25) is 9.59 Å². The fourth-order valence-electron chi connectivity index (χ4n) is 3.72. The van der Waals surface area contributed by atoms with E-state index in [9.17, 15) is 9.59 Å². The second-order valence-corrected chi connectivity index (χ2v) is 8.15. The number of benzene rings is 2. The van der Waals surface area contributed by atoms with E-state index in [0.717, 1.165) is 32.2 Å². The third kappa shape index (κ3) is 3.83. The van der Waals surface area contributed by atoms with Crippen molar-refractivity contribution < 1.29 is 9.59 Å². The van der Waals surface area contributed by atoms with Crippen LogP contribution < -0.4 is 10.6 Å². The lowest BCUT2D eigenvalue weighted by atomic mass is 10.00. The zero-order valence-electron chi connectivity index (χ0n) is 15.6. The first-order valence-corrected chi connectivity index (χ1v) is 10.2. The number of H-pyrrole nitrogens is 1. The first-order valence-electron chi connectivity index (χ1n) is 9.45. The lowest BCUT2D eigenvalue weighted by Crippen LogP contribution is -2.40. The van der Waals surface area contributed by atoms with Crippen molar-refractivity contribution in [3.63, 3.8) is 0 Å². The number of aromatic nitrogens is 1. The summed E-state index contributed by atoms with van der Waals surface area (Å²) in [6.07, 6.45) is 1.60. The van der Waals surface area contributed by atoms with Crippen LogP contribution in [-0.2, 0) is 16.0 Å². The van der Waals surface area contributed by atoms with E-state index in [0.29, 0.717) is 25.8 Å². The van der Waals surface area contributed by atoms with Crippen molar-refractivity contribution in [3.8, 4) is 11.3 Å². The second kappa shape index (κ2) is 7.80. The number of amides is 2. The Hall–Kier alpha value is -2.60. The fourth-order valence-corrected chi connectivity index (χ4v) is 3.99. The maximum absolute atomic E-state index is 12.4. The van der Waals surface area contributed by atoms with Crippen LogP contribution in [0.25, 0.3) is 22.2 Å². The van der Waals surface area contributed by atoms with Crippen LogP contribution >= 0.6 is 15.9 Å². The smallest absolute Gasteiger partial charge is 0.242 e. The molecule has 6 heteroatoms. The van der Waals surface area contributed by atoms with Gasteiger partial charge in [-0.2, -0.15) is 0 Å². The minimum atomic E-state index is -0.399. The van der Waals surface area contributed by atoms with Crippen molar-refractivity contribution in [1.29, 1.82) is 0 Å². The minimum absolute atomic E-state index is 0.0911. The Morgan fingerprint density at radius 2 is 2.00 bits per heavy atom. The summed E-state index contributed by atoms with van der Waals surface area (Å²) < 4.78 is 1.03. The number of rotatable bonds is 5. The molecular formula is C22H22BrN3O2. The number of hydrogen-bond acceptors (Lipinski definition) is 2. The molecule has 5 nitrogen and oxygen atoms in total. The highest BCUT2D eigenvalue weighted by atomic mass is 79.9. The Bertz CT molecular complexity index is 1040. The van der Waals surface area contributed by atoms with Gasteiger partial charge in [-0.15, -0.1) is 0 Å². The summed E-state index contributed by atoms with van der Waals surface area (Å²) in [5.74, 6) is -0.183. The Kier molecular flexibility index (Phi) is 5.22. The molecule has 0 saturated carbocycles. The zero-order chi connectivity index (χ0) is 19.7. The molecule has 0 unspecified atom stereocenters. The summed E-state index contributed by atoms with van der Waals surface area (Å²) in [7, 11) is 0. The maximum atomic E-state index is 12.4. The van der Waals surface area contributed by atoms with Crippen LogP contribution in [0.4, 0.5) is 0 Å². The Morgan fingerprint density at radius 3 is 2.71 bits per heavy atom. The number of carbonyl (C=O) groups excluding carboxylic acids is 2. The molecule has 2 heterocycles. The zero-order valence-corrected chi connectivity index (χ0v) is 17.2. The highest BCUT2D eigenvalue weighted by Crippen LogP contribution is 2.32. The number of carbonyl (C=O) groups is 2. The molecule has 1 aliphatic heterocycles. The van der Waals surface area contributed by atoms with Crippen molar-refractivity contribution in [2.24, 2.45) is 0 Å². The van der Waals surface area contributed by atoms with E-state index < -0.39 is 6.04 Å². The van der Waals surface area contributed by atoms with E-state index in [1.165, 1.54) is 5.56 Å². The Balaban J connectivity index is 1.61. The summed E-state index contributed by atoms with van der Waals surface area (Å²) in [5.41, 5.74) is 5.51. The lowest BCUT2D eigenvalue weighted by molar-refractivity contribution is -0.127. The topological polar surface area (TPSA) is 74.0 Å². The van der Waals surface area contributed by atoms with Crippen molar-refractivity contribution in [1.82, 2.24) is 15.6 Å². The summed E-state index contributed by atoms with van der Waals surface area (Å²) in [5, 5.41) is 6.74. The van der Waals surface area contributed by atoms with Crippen molar-refractivity contribution in [2.75, 3.05) is 6.54 Å². The van der Waals surface area contributed by atoms with Crippen molar-refractivity contribution in [3.05, 3.63) is 58.1 Å². The molecule has 0 spiro atoms. The van der Waals surface area contributed by atoms with Crippen LogP contribution in [-0.4, -0.2) is 29.4 Å². The van der Waals surface area contributed by atoms with Gasteiger partial charge in [-0.1, -0.05) is 39.7 Å². The molecule has 4 rings (SSSR count). The molecule has 0 bridgehead atoms. The molecule has 1 aliphatic rings. The molecular weight excluding hydrogens is 418 g/mol. The van der Waals surface area contributed by atoms with E-state index in [-0.39, 0.29) is 11.8 Å². The average Bonchev–Trinajstić information content (AvgIpc) is 3.24. The maximum Gasteiger partial charge on any atom is 0.242 e. The van der Waals surface area contributed by atoms with Gasteiger partial charge in [-0.05, 0) is 55.2 Å². The molecule has 2 amide bonds. The van der Waals surface area contributed by atoms with Crippen LogP contribution in [0.5, 0.6) is 0 Å². The van der Waals surface area contributed by atoms with Gasteiger partial charge in [0.1, 0.15) is 6.04 Å². The van der Waals surface area contributed by atoms with Gasteiger partial charge in [0.25, 0.3) is 0 Å². The first-order chi connectivity index (χ1) is 13.5. The van der Waals surface area contributed by atoms with Crippen molar-refractivity contribution in [2.45, 2.75) is 32.2 Å². The molecule has 28 heavy (non-hydrogen) atoms. The second-order valence-electron chi connectivity index (χ2n) is 7.23. The molecule has 0 aliphatic carbocycles. The molecule has 3 aromatic rings. The molecule has 2 aromatic carbocycles. The van der Waals surface area contributed by atoms with Gasteiger partial charge in [0.2, 0.25) is 11.8 Å². The normalized spacial score (nSPS) is 16.4. The van der Waals surface area contributed by atoms with Crippen molar-refractivity contribution >= 4 is 38.6 Å². The molecule has 1 atom stereocenters.